The molecule has 0 aromatic carbocycles. The van der Waals surface area contributed by atoms with Crippen LogP contribution in [0.2, 0.25) is 0 Å². The third-order valence-electron chi connectivity index (χ3n) is 3.31. The van der Waals surface area contributed by atoms with Gasteiger partial charge in [0.1, 0.15) is 0 Å². The summed E-state index contributed by atoms with van der Waals surface area (Å²) in [4.78, 5) is 12.6. The van der Waals surface area contributed by atoms with E-state index < -0.39 is 12.6 Å². The van der Waals surface area contributed by atoms with E-state index in [9.17, 15) is 18.0 Å². The van der Waals surface area contributed by atoms with Gasteiger partial charge in [0, 0.05) is 25.6 Å². The van der Waals surface area contributed by atoms with Gasteiger partial charge in [0.2, 0.25) is 5.91 Å². The van der Waals surface area contributed by atoms with Crippen molar-refractivity contribution in [3.63, 3.8) is 0 Å². The van der Waals surface area contributed by atoms with Crippen molar-refractivity contribution in [3.8, 4) is 0 Å². The zero-order valence-electron chi connectivity index (χ0n) is 8.13. The van der Waals surface area contributed by atoms with Gasteiger partial charge in [-0.05, 0) is 11.8 Å². The van der Waals surface area contributed by atoms with E-state index in [4.69, 9.17) is 5.73 Å². The van der Waals surface area contributed by atoms with E-state index in [1.807, 2.05) is 0 Å². The van der Waals surface area contributed by atoms with Gasteiger partial charge in [-0.3, -0.25) is 4.79 Å². The van der Waals surface area contributed by atoms with Crippen LogP contribution in [-0.4, -0.2) is 36.6 Å². The van der Waals surface area contributed by atoms with Gasteiger partial charge in [-0.25, -0.2) is 0 Å². The Morgan fingerprint density at radius 1 is 1.33 bits per heavy atom. The number of likely N-dealkylation sites (tertiary alicyclic amines) is 1. The highest BCUT2D eigenvalue weighted by Gasteiger charge is 2.58. The number of rotatable bonds is 3. The van der Waals surface area contributed by atoms with Crippen LogP contribution < -0.4 is 5.73 Å². The zero-order chi connectivity index (χ0) is 11.2. The Morgan fingerprint density at radius 2 is 1.87 bits per heavy atom. The third-order valence-corrected chi connectivity index (χ3v) is 3.31. The second-order valence-corrected chi connectivity index (χ2v) is 4.38. The normalized spacial score (nSPS) is 35.3. The van der Waals surface area contributed by atoms with Gasteiger partial charge in [0.25, 0.3) is 0 Å². The molecule has 0 aromatic rings. The summed E-state index contributed by atoms with van der Waals surface area (Å²) in [5.41, 5.74) is 5.14. The van der Waals surface area contributed by atoms with E-state index in [0.717, 1.165) is 0 Å². The Balaban J connectivity index is 1.72. The molecule has 1 saturated carbocycles. The number of carbonyl (C=O) groups is 1. The van der Waals surface area contributed by atoms with Gasteiger partial charge in [-0.15, -0.1) is 0 Å². The van der Waals surface area contributed by atoms with Crippen LogP contribution in [0.4, 0.5) is 13.2 Å². The molecular formula is C9H13F3N2O. The monoisotopic (exact) mass is 222 g/mol. The number of halogens is 3. The molecule has 2 unspecified atom stereocenters. The van der Waals surface area contributed by atoms with Crippen molar-refractivity contribution in [2.45, 2.75) is 12.6 Å². The molecule has 2 aliphatic rings. The molecule has 2 fully saturated rings. The van der Waals surface area contributed by atoms with Crippen LogP contribution >= 0.6 is 0 Å². The Bertz CT molecular complexity index is 267. The van der Waals surface area contributed by atoms with Gasteiger partial charge in [0.05, 0.1) is 6.42 Å². The molecule has 2 rings (SSSR count). The largest absolute Gasteiger partial charge is 0.390 e. The molecule has 1 saturated heterocycles. The number of piperidine rings is 1. The SMILES string of the molecule is NC(=O)C1C2CN(CCC(F)(F)F)CC21. The Morgan fingerprint density at radius 3 is 2.27 bits per heavy atom. The molecular weight excluding hydrogens is 209 g/mol. The molecule has 15 heavy (non-hydrogen) atoms. The third kappa shape index (κ3) is 2.25. The summed E-state index contributed by atoms with van der Waals surface area (Å²) in [6.07, 6.45) is -4.86. The van der Waals surface area contributed by atoms with Gasteiger partial charge in [-0.1, -0.05) is 0 Å². The highest BCUT2D eigenvalue weighted by atomic mass is 19.4. The topological polar surface area (TPSA) is 46.3 Å². The maximum absolute atomic E-state index is 11.9. The molecule has 0 aromatic heterocycles. The highest BCUT2D eigenvalue weighted by molar-refractivity contribution is 5.80. The van der Waals surface area contributed by atoms with Crippen LogP contribution in [0.25, 0.3) is 0 Å². The second-order valence-electron chi connectivity index (χ2n) is 4.38. The maximum atomic E-state index is 11.9. The number of alkyl halides is 3. The molecule has 1 heterocycles. The number of nitrogens with two attached hydrogens (primary N) is 1. The quantitative estimate of drug-likeness (QED) is 0.760. The number of hydrogen-bond acceptors (Lipinski definition) is 2. The summed E-state index contributed by atoms with van der Waals surface area (Å²) in [5.74, 6) is 0.0547. The fourth-order valence-electron chi connectivity index (χ4n) is 2.50. The number of amides is 1. The van der Waals surface area contributed by atoms with E-state index in [0.29, 0.717) is 13.1 Å². The van der Waals surface area contributed by atoms with Gasteiger partial charge in [-0.2, -0.15) is 13.2 Å². The Labute approximate surface area is 85.4 Å². The summed E-state index contributed by atoms with van der Waals surface area (Å²) in [6, 6.07) is 0. The van der Waals surface area contributed by atoms with Crippen molar-refractivity contribution in [2.75, 3.05) is 19.6 Å². The van der Waals surface area contributed by atoms with Crippen LogP contribution in [0.1, 0.15) is 6.42 Å². The van der Waals surface area contributed by atoms with Gasteiger partial charge >= 0.3 is 6.18 Å². The van der Waals surface area contributed by atoms with Crippen LogP contribution in [0.3, 0.4) is 0 Å². The predicted molar refractivity (Wildman–Crippen MR) is 46.8 cm³/mol. The molecule has 1 aliphatic carbocycles. The van der Waals surface area contributed by atoms with Crippen LogP contribution in [0.5, 0.6) is 0 Å². The average Bonchev–Trinajstić information content (AvgIpc) is 2.59. The summed E-state index contributed by atoms with van der Waals surface area (Å²) in [5, 5.41) is 0. The summed E-state index contributed by atoms with van der Waals surface area (Å²) in [6.45, 7) is 1.23. The molecule has 0 spiro atoms. The van der Waals surface area contributed by atoms with Crippen LogP contribution in [-0.2, 0) is 4.79 Å². The van der Waals surface area contributed by atoms with Gasteiger partial charge < -0.3 is 10.6 Å². The minimum Gasteiger partial charge on any atom is -0.369 e. The van der Waals surface area contributed by atoms with E-state index in [1.54, 1.807) is 4.90 Å². The lowest BCUT2D eigenvalue weighted by Gasteiger charge is -2.19. The summed E-state index contributed by atoms with van der Waals surface area (Å²) >= 11 is 0. The smallest absolute Gasteiger partial charge is 0.369 e. The lowest BCUT2D eigenvalue weighted by molar-refractivity contribution is -0.138. The van der Waals surface area contributed by atoms with E-state index in [1.165, 1.54) is 0 Å². The van der Waals surface area contributed by atoms with E-state index >= 15 is 0 Å². The first-order valence-corrected chi connectivity index (χ1v) is 4.97. The standard InChI is InChI=1S/C9H13F3N2O/c10-9(11,12)1-2-14-3-5-6(4-14)7(5)8(13)15/h5-7H,1-4H2,(H2,13,15). The Hall–Kier alpha value is -0.780. The van der Waals surface area contributed by atoms with E-state index in [-0.39, 0.29) is 30.2 Å². The zero-order valence-corrected chi connectivity index (χ0v) is 8.13. The molecule has 86 valence electrons. The molecule has 2 N–H and O–H groups in total. The first-order chi connectivity index (χ1) is 6.88. The van der Waals surface area contributed by atoms with Crippen molar-refractivity contribution in [1.82, 2.24) is 4.90 Å². The first kappa shape index (κ1) is 10.7. The number of hydrogen-bond donors (Lipinski definition) is 1. The lowest BCUT2D eigenvalue weighted by atomic mass is 10.2. The Kier molecular flexibility index (Phi) is 2.41. The number of fused-ring (bicyclic) bond motifs is 1. The second kappa shape index (κ2) is 3.37. The minimum absolute atomic E-state index is 0.0436. The number of nitrogens with zero attached hydrogens (tertiary/aromatic N) is 1. The summed E-state index contributed by atoms with van der Waals surface area (Å²) < 4.78 is 35.8. The van der Waals surface area contributed by atoms with Crippen molar-refractivity contribution >= 4 is 5.91 Å². The molecule has 6 heteroatoms. The molecule has 3 nitrogen and oxygen atoms in total. The van der Waals surface area contributed by atoms with E-state index in [2.05, 4.69) is 0 Å². The molecule has 1 amide bonds. The van der Waals surface area contributed by atoms with Crippen LogP contribution in [0.15, 0.2) is 0 Å². The maximum Gasteiger partial charge on any atom is 0.390 e. The van der Waals surface area contributed by atoms with Crippen LogP contribution in [0, 0.1) is 17.8 Å². The minimum atomic E-state index is -4.09. The fraction of sp³-hybridized carbons (Fsp3) is 0.889. The van der Waals surface area contributed by atoms with Crippen molar-refractivity contribution < 1.29 is 18.0 Å². The highest BCUT2D eigenvalue weighted by Crippen LogP contribution is 2.51. The van der Waals surface area contributed by atoms with Crippen molar-refractivity contribution in [1.29, 1.82) is 0 Å². The number of primary amides is 1. The van der Waals surface area contributed by atoms with Crippen molar-refractivity contribution in [2.24, 2.45) is 23.5 Å². The predicted octanol–water partition coefficient (Wildman–Crippen LogP) is 0.602. The lowest BCUT2D eigenvalue weighted by Crippen LogP contribution is -2.31. The molecule has 2 atom stereocenters. The van der Waals surface area contributed by atoms with Gasteiger partial charge in [0.15, 0.2) is 0 Å². The number of carbonyl (C=O) groups excluding carboxylic acids is 1. The molecule has 0 radical (unpaired) electrons. The van der Waals surface area contributed by atoms with Crippen molar-refractivity contribution in [3.05, 3.63) is 0 Å². The fourth-order valence-corrected chi connectivity index (χ4v) is 2.50. The first-order valence-electron chi connectivity index (χ1n) is 4.97. The summed E-state index contributed by atoms with van der Waals surface area (Å²) in [7, 11) is 0. The average molecular weight is 222 g/mol. The molecule has 1 aliphatic heterocycles. The molecule has 0 bridgehead atoms.